The average Bonchev–Trinajstić information content (AvgIpc) is 3.34. The van der Waals surface area contributed by atoms with E-state index in [1.807, 2.05) is 54.1 Å². The fraction of sp³-hybridized carbons (Fsp3) is 0.292. The zero-order valence-corrected chi connectivity index (χ0v) is 20.3. The number of nitrogens with zero attached hydrogens (tertiary/aromatic N) is 4. The van der Waals surface area contributed by atoms with E-state index in [1.165, 1.54) is 11.8 Å². The van der Waals surface area contributed by atoms with Gasteiger partial charge in [0.05, 0.1) is 39.9 Å². The first-order valence-electron chi connectivity index (χ1n) is 11.1. The van der Waals surface area contributed by atoms with E-state index in [0.29, 0.717) is 15.1 Å². The SMILES string of the molecule is Cn1c(NCCN2CCOCC2)nc2ccc(C=C3SC(Nc4ccccc4Cl)=NC3=O)cc21. The number of halogens is 1. The van der Waals surface area contributed by atoms with Gasteiger partial charge in [-0.1, -0.05) is 29.8 Å². The number of fused-ring (bicyclic) bond motifs is 1. The van der Waals surface area contributed by atoms with Gasteiger partial charge >= 0.3 is 0 Å². The molecule has 0 radical (unpaired) electrons. The van der Waals surface area contributed by atoms with Crippen LogP contribution in [0, 0.1) is 0 Å². The quantitative estimate of drug-likeness (QED) is 0.498. The van der Waals surface area contributed by atoms with E-state index in [9.17, 15) is 4.79 Å². The van der Waals surface area contributed by atoms with E-state index in [0.717, 1.165) is 67.6 Å². The Bertz CT molecular complexity index is 1280. The molecule has 1 aromatic heterocycles. The Kier molecular flexibility index (Phi) is 6.87. The molecule has 0 unspecified atom stereocenters. The van der Waals surface area contributed by atoms with Gasteiger partial charge in [0.25, 0.3) is 5.91 Å². The Morgan fingerprint density at radius 3 is 2.85 bits per heavy atom. The molecule has 0 bridgehead atoms. The molecule has 3 aromatic rings. The monoisotopic (exact) mass is 496 g/mol. The van der Waals surface area contributed by atoms with Crippen LogP contribution in [0.4, 0.5) is 11.6 Å². The van der Waals surface area contributed by atoms with Gasteiger partial charge in [0.2, 0.25) is 5.95 Å². The summed E-state index contributed by atoms with van der Waals surface area (Å²) in [6.07, 6.45) is 1.86. The fourth-order valence-corrected chi connectivity index (χ4v) is 4.91. The van der Waals surface area contributed by atoms with Gasteiger partial charge in [0.1, 0.15) is 0 Å². The van der Waals surface area contributed by atoms with Crippen molar-refractivity contribution in [3.63, 3.8) is 0 Å². The van der Waals surface area contributed by atoms with Crippen molar-refractivity contribution in [3.05, 3.63) is 58.0 Å². The van der Waals surface area contributed by atoms with Gasteiger partial charge in [-0.05, 0) is 47.7 Å². The van der Waals surface area contributed by atoms with Crippen molar-refractivity contribution in [2.45, 2.75) is 0 Å². The van der Waals surface area contributed by atoms with Crippen molar-refractivity contribution < 1.29 is 9.53 Å². The summed E-state index contributed by atoms with van der Waals surface area (Å²) in [4.78, 5) is 24.2. The molecule has 176 valence electrons. The lowest BCUT2D eigenvalue weighted by Crippen LogP contribution is -2.39. The minimum Gasteiger partial charge on any atom is -0.379 e. The lowest BCUT2D eigenvalue weighted by atomic mass is 10.2. The van der Waals surface area contributed by atoms with Gasteiger partial charge in [-0.15, -0.1) is 0 Å². The van der Waals surface area contributed by atoms with Crippen LogP contribution in [-0.2, 0) is 16.6 Å². The van der Waals surface area contributed by atoms with E-state index in [2.05, 4.69) is 20.5 Å². The summed E-state index contributed by atoms with van der Waals surface area (Å²) in [5, 5.41) is 7.66. The molecule has 2 aliphatic heterocycles. The van der Waals surface area contributed by atoms with E-state index >= 15 is 0 Å². The lowest BCUT2D eigenvalue weighted by molar-refractivity contribution is -0.113. The molecule has 1 amide bonds. The van der Waals surface area contributed by atoms with E-state index < -0.39 is 0 Å². The van der Waals surface area contributed by atoms with Crippen molar-refractivity contribution in [1.82, 2.24) is 14.5 Å². The van der Waals surface area contributed by atoms with Crippen LogP contribution in [0.1, 0.15) is 5.56 Å². The van der Waals surface area contributed by atoms with Crippen LogP contribution in [0.2, 0.25) is 5.02 Å². The highest BCUT2D eigenvalue weighted by atomic mass is 35.5. The van der Waals surface area contributed by atoms with Crippen LogP contribution in [0.15, 0.2) is 52.4 Å². The van der Waals surface area contributed by atoms with E-state index in [4.69, 9.17) is 21.3 Å². The molecule has 0 spiro atoms. The summed E-state index contributed by atoms with van der Waals surface area (Å²) in [5.74, 6) is 0.559. The first-order valence-corrected chi connectivity index (χ1v) is 12.3. The number of benzene rings is 2. The zero-order chi connectivity index (χ0) is 23.5. The van der Waals surface area contributed by atoms with Crippen molar-refractivity contribution in [3.8, 4) is 0 Å². The number of hydrogen-bond acceptors (Lipinski definition) is 7. The first kappa shape index (κ1) is 22.9. The standard InChI is InChI=1S/C24H25ClN6O2S/c1-30-20-14-16(6-7-19(20)27-23(30)26-8-9-31-10-12-33-13-11-31)15-21-22(32)29-24(34-21)28-18-5-3-2-4-17(18)25/h2-7,14-15H,8-13H2,1H3,(H,26,27)(H,28,29,32). The highest BCUT2D eigenvalue weighted by molar-refractivity contribution is 8.18. The smallest absolute Gasteiger partial charge is 0.286 e. The van der Waals surface area contributed by atoms with Crippen LogP contribution in [0.5, 0.6) is 0 Å². The number of aromatic nitrogens is 2. The van der Waals surface area contributed by atoms with Gasteiger partial charge in [0, 0.05) is 33.2 Å². The van der Waals surface area contributed by atoms with Crippen LogP contribution in [0.25, 0.3) is 17.1 Å². The van der Waals surface area contributed by atoms with Crippen LogP contribution in [-0.4, -0.2) is 64.9 Å². The summed E-state index contributed by atoms with van der Waals surface area (Å²) in [7, 11) is 1.99. The first-order chi connectivity index (χ1) is 16.6. The molecular weight excluding hydrogens is 472 g/mol. The molecule has 0 atom stereocenters. The molecule has 0 aliphatic carbocycles. The molecule has 34 heavy (non-hydrogen) atoms. The molecule has 2 N–H and O–H groups in total. The van der Waals surface area contributed by atoms with E-state index in [1.54, 1.807) is 6.07 Å². The van der Waals surface area contributed by atoms with Crippen LogP contribution < -0.4 is 10.6 Å². The number of amides is 1. The maximum absolute atomic E-state index is 12.5. The highest BCUT2D eigenvalue weighted by Crippen LogP contribution is 2.31. The largest absolute Gasteiger partial charge is 0.379 e. The maximum Gasteiger partial charge on any atom is 0.286 e. The Morgan fingerprint density at radius 1 is 1.21 bits per heavy atom. The van der Waals surface area contributed by atoms with Gasteiger partial charge in [-0.3, -0.25) is 9.69 Å². The summed E-state index contributed by atoms with van der Waals surface area (Å²) < 4.78 is 7.45. The number of thioether (sulfide) groups is 1. The molecule has 1 saturated heterocycles. The average molecular weight is 497 g/mol. The van der Waals surface area contributed by atoms with Gasteiger partial charge in [-0.2, -0.15) is 4.99 Å². The molecular formula is C24H25ClN6O2S. The minimum atomic E-state index is -0.268. The summed E-state index contributed by atoms with van der Waals surface area (Å²) in [6.45, 7) is 5.31. The number of imidazole rings is 1. The summed E-state index contributed by atoms with van der Waals surface area (Å²) >= 11 is 7.50. The second-order valence-corrected chi connectivity index (χ2v) is 9.50. The maximum atomic E-state index is 12.5. The van der Waals surface area contributed by atoms with Crippen molar-refractivity contribution in [2.75, 3.05) is 50.0 Å². The number of aliphatic imine (C=N–C) groups is 1. The third-order valence-corrected chi connectivity index (χ3v) is 6.98. The van der Waals surface area contributed by atoms with E-state index in [-0.39, 0.29) is 5.91 Å². The number of para-hydroxylation sites is 1. The number of morpholine rings is 1. The number of hydrogen-bond donors (Lipinski definition) is 2. The number of nitrogens with one attached hydrogen (secondary N) is 2. The number of aryl methyl sites for hydroxylation is 1. The summed E-state index contributed by atoms with van der Waals surface area (Å²) in [5.41, 5.74) is 3.53. The third-order valence-electron chi connectivity index (χ3n) is 5.75. The Balaban J connectivity index is 1.26. The molecule has 2 aliphatic rings. The fourth-order valence-electron chi connectivity index (χ4n) is 3.90. The topological polar surface area (TPSA) is 83.8 Å². The van der Waals surface area contributed by atoms with Gasteiger partial charge < -0.3 is 19.9 Å². The number of rotatable bonds is 6. The Hall–Kier alpha value is -2.85. The van der Waals surface area contributed by atoms with Crippen LogP contribution >= 0.6 is 23.4 Å². The molecule has 3 heterocycles. The third kappa shape index (κ3) is 5.12. The number of carbonyl (C=O) groups is 1. The number of anilines is 2. The summed E-state index contributed by atoms with van der Waals surface area (Å²) in [6, 6.07) is 13.3. The molecule has 5 rings (SSSR count). The molecule has 10 heteroatoms. The number of ether oxygens (including phenoxy) is 1. The van der Waals surface area contributed by atoms with Gasteiger partial charge in [0.15, 0.2) is 5.17 Å². The molecule has 8 nitrogen and oxygen atoms in total. The van der Waals surface area contributed by atoms with Crippen LogP contribution in [0.3, 0.4) is 0 Å². The second kappa shape index (κ2) is 10.2. The molecule has 1 fully saturated rings. The van der Waals surface area contributed by atoms with Crippen molar-refractivity contribution >= 4 is 63.2 Å². The highest BCUT2D eigenvalue weighted by Gasteiger charge is 2.22. The molecule has 2 aromatic carbocycles. The zero-order valence-electron chi connectivity index (χ0n) is 18.8. The van der Waals surface area contributed by atoms with Gasteiger partial charge in [-0.25, -0.2) is 4.98 Å². The minimum absolute atomic E-state index is 0.268. The van der Waals surface area contributed by atoms with Crippen molar-refractivity contribution in [1.29, 1.82) is 0 Å². The van der Waals surface area contributed by atoms with Crippen molar-refractivity contribution in [2.24, 2.45) is 12.0 Å². The lowest BCUT2D eigenvalue weighted by Gasteiger charge is -2.26. The normalized spacial score (nSPS) is 18.0. The second-order valence-electron chi connectivity index (χ2n) is 8.06. The Labute approximate surface area is 207 Å². The number of carbonyl (C=O) groups excluding carboxylic acids is 1. The Morgan fingerprint density at radius 2 is 2.03 bits per heavy atom. The predicted molar refractivity (Wildman–Crippen MR) is 140 cm³/mol. The molecule has 0 saturated carbocycles. The predicted octanol–water partition coefficient (Wildman–Crippen LogP) is 4.05. The number of amidine groups is 1.